The molecule has 2 aliphatic rings. The van der Waals surface area contributed by atoms with E-state index in [1.54, 1.807) is 14.2 Å². The molecule has 0 spiro atoms. The summed E-state index contributed by atoms with van der Waals surface area (Å²) in [6.07, 6.45) is 2.79. The number of aliphatic hydroxyl groups is 1. The SMILES string of the molecule is COC(CCC1(O)CC2COCC(C1)N2C)OC. The average molecular weight is 259 g/mol. The summed E-state index contributed by atoms with van der Waals surface area (Å²) in [5.74, 6) is 0. The first-order valence-corrected chi connectivity index (χ1v) is 6.65. The van der Waals surface area contributed by atoms with Crippen LogP contribution in [0, 0.1) is 0 Å². The number of rotatable bonds is 5. The number of hydrogen-bond donors (Lipinski definition) is 1. The minimum Gasteiger partial charge on any atom is -0.390 e. The van der Waals surface area contributed by atoms with Gasteiger partial charge in [0, 0.05) is 32.7 Å². The summed E-state index contributed by atoms with van der Waals surface area (Å²) in [6.45, 7) is 1.46. The highest BCUT2D eigenvalue weighted by Crippen LogP contribution is 2.36. The third-order valence-electron chi connectivity index (χ3n) is 4.37. The number of methoxy groups -OCH3 is 2. The van der Waals surface area contributed by atoms with Crippen molar-refractivity contribution >= 4 is 0 Å². The molecule has 0 saturated carbocycles. The van der Waals surface area contributed by atoms with E-state index < -0.39 is 5.60 Å². The molecule has 0 aromatic heterocycles. The second kappa shape index (κ2) is 5.84. The molecule has 2 bridgehead atoms. The number of hydrogen-bond acceptors (Lipinski definition) is 5. The van der Waals surface area contributed by atoms with Crippen molar-refractivity contribution in [3.8, 4) is 0 Å². The summed E-state index contributed by atoms with van der Waals surface area (Å²) in [6, 6.07) is 0.678. The fourth-order valence-corrected chi connectivity index (χ4v) is 3.16. The highest BCUT2D eigenvalue weighted by atomic mass is 16.7. The van der Waals surface area contributed by atoms with Gasteiger partial charge >= 0.3 is 0 Å². The minimum absolute atomic E-state index is 0.218. The molecule has 1 N–H and O–H groups in total. The molecule has 18 heavy (non-hydrogen) atoms. The smallest absolute Gasteiger partial charge is 0.156 e. The Balaban J connectivity index is 1.91. The molecule has 5 heteroatoms. The maximum Gasteiger partial charge on any atom is 0.156 e. The molecule has 2 fully saturated rings. The van der Waals surface area contributed by atoms with Crippen molar-refractivity contribution in [2.75, 3.05) is 34.5 Å². The molecule has 2 aliphatic heterocycles. The van der Waals surface area contributed by atoms with Crippen LogP contribution < -0.4 is 0 Å². The Hall–Kier alpha value is -0.200. The van der Waals surface area contributed by atoms with Gasteiger partial charge in [-0.1, -0.05) is 0 Å². The zero-order chi connectivity index (χ0) is 13.2. The van der Waals surface area contributed by atoms with Crippen LogP contribution in [0.4, 0.5) is 0 Å². The fourth-order valence-electron chi connectivity index (χ4n) is 3.16. The third-order valence-corrected chi connectivity index (χ3v) is 4.37. The largest absolute Gasteiger partial charge is 0.390 e. The van der Waals surface area contributed by atoms with E-state index in [9.17, 15) is 5.11 Å². The van der Waals surface area contributed by atoms with Crippen LogP contribution in [-0.4, -0.2) is 68.5 Å². The van der Waals surface area contributed by atoms with Gasteiger partial charge < -0.3 is 19.3 Å². The molecule has 2 unspecified atom stereocenters. The van der Waals surface area contributed by atoms with Crippen LogP contribution in [0.25, 0.3) is 0 Å². The van der Waals surface area contributed by atoms with E-state index >= 15 is 0 Å². The monoisotopic (exact) mass is 259 g/mol. The van der Waals surface area contributed by atoms with Crippen molar-refractivity contribution in [2.45, 2.75) is 49.7 Å². The zero-order valence-corrected chi connectivity index (χ0v) is 11.6. The number of likely N-dealkylation sites (N-methyl/N-ethyl adjacent to an activating group) is 1. The van der Waals surface area contributed by atoms with Gasteiger partial charge in [0.05, 0.1) is 18.8 Å². The van der Waals surface area contributed by atoms with Crippen LogP contribution in [0.3, 0.4) is 0 Å². The van der Waals surface area contributed by atoms with Gasteiger partial charge in [0.15, 0.2) is 6.29 Å². The summed E-state index contributed by atoms with van der Waals surface area (Å²) < 4.78 is 15.9. The average Bonchev–Trinajstić information content (AvgIpc) is 2.33. The van der Waals surface area contributed by atoms with E-state index in [1.807, 2.05) is 0 Å². The van der Waals surface area contributed by atoms with Crippen LogP contribution >= 0.6 is 0 Å². The summed E-state index contributed by atoms with van der Waals surface area (Å²) >= 11 is 0. The molecule has 5 nitrogen and oxygen atoms in total. The lowest BCUT2D eigenvalue weighted by atomic mass is 9.79. The van der Waals surface area contributed by atoms with Crippen LogP contribution in [0.1, 0.15) is 25.7 Å². The molecule has 0 aliphatic carbocycles. The lowest BCUT2D eigenvalue weighted by Crippen LogP contribution is -2.60. The quantitative estimate of drug-likeness (QED) is 0.733. The summed E-state index contributed by atoms with van der Waals surface area (Å²) in [5.41, 5.74) is -0.596. The van der Waals surface area contributed by atoms with Crippen LogP contribution in [0.2, 0.25) is 0 Å². The van der Waals surface area contributed by atoms with E-state index in [0.717, 1.165) is 38.9 Å². The van der Waals surface area contributed by atoms with Crippen molar-refractivity contribution in [2.24, 2.45) is 0 Å². The fraction of sp³-hybridized carbons (Fsp3) is 1.00. The first kappa shape index (κ1) is 14.2. The van der Waals surface area contributed by atoms with Crippen molar-refractivity contribution in [3.63, 3.8) is 0 Å². The predicted octanol–water partition coefficient (Wildman–Crippen LogP) is 0.610. The Morgan fingerprint density at radius 3 is 2.33 bits per heavy atom. The van der Waals surface area contributed by atoms with Gasteiger partial charge in [0.1, 0.15) is 0 Å². The number of fused-ring (bicyclic) bond motifs is 2. The number of piperidine rings is 1. The van der Waals surface area contributed by atoms with Gasteiger partial charge in [-0.25, -0.2) is 0 Å². The van der Waals surface area contributed by atoms with Crippen LogP contribution in [-0.2, 0) is 14.2 Å². The summed E-state index contributed by atoms with van der Waals surface area (Å²) in [4.78, 5) is 2.35. The second-order valence-corrected chi connectivity index (χ2v) is 5.58. The van der Waals surface area contributed by atoms with Crippen molar-refractivity contribution in [1.82, 2.24) is 4.90 Å². The molecule has 0 aromatic rings. The van der Waals surface area contributed by atoms with Crippen molar-refractivity contribution < 1.29 is 19.3 Å². The molecule has 2 atom stereocenters. The van der Waals surface area contributed by atoms with Gasteiger partial charge in [-0.05, 0) is 26.3 Å². The normalized spacial score (nSPS) is 37.2. The van der Waals surface area contributed by atoms with Gasteiger partial charge in [0.2, 0.25) is 0 Å². The second-order valence-electron chi connectivity index (χ2n) is 5.58. The lowest BCUT2D eigenvalue weighted by molar-refractivity contribution is -0.153. The maximum absolute atomic E-state index is 10.7. The lowest BCUT2D eigenvalue weighted by Gasteiger charge is -2.50. The highest BCUT2D eigenvalue weighted by Gasteiger charge is 2.44. The van der Waals surface area contributed by atoms with E-state index in [4.69, 9.17) is 14.2 Å². The van der Waals surface area contributed by atoms with Gasteiger partial charge in [-0.15, -0.1) is 0 Å². The minimum atomic E-state index is -0.596. The molecule has 0 radical (unpaired) electrons. The van der Waals surface area contributed by atoms with E-state index in [-0.39, 0.29) is 6.29 Å². The molecule has 2 rings (SSSR count). The summed E-state index contributed by atoms with van der Waals surface area (Å²) in [5, 5.41) is 10.7. The first-order valence-electron chi connectivity index (χ1n) is 6.65. The van der Waals surface area contributed by atoms with Gasteiger partial charge in [-0.3, -0.25) is 4.90 Å². The van der Waals surface area contributed by atoms with E-state index in [0.29, 0.717) is 12.1 Å². The predicted molar refractivity (Wildman–Crippen MR) is 67.4 cm³/mol. The zero-order valence-electron chi connectivity index (χ0n) is 11.6. The maximum atomic E-state index is 10.7. The first-order chi connectivity index (χ1) is 8.58. The Kier molecular flexibility index (Phi) is 4.61. The van der Waals surface area contributed by atoms with Crippen LogP contribution in [0.5, 0.6) is 0 Å². The topological polar surface area (TPSA) is 51.2 Å². The van der Waals surface area contributed by atoms with Gasteiger partial charge in [0.25, 0.3) is 0 Å². The Morgan fingerprint density at radius 2 is 1.83 bits per heavy atom. The number of nitrogens with zero attached hydrogens (tertiary/aromatic N) is 1. The molecule has 106 valence electrons. The van der Waals surface area contributed by atoms with Gasteiger partial charge in [-0.2, -0.15) is 0 Å². The summed E-state index contributed by atoms with van der Waals surface area (Å²) in [7, 11) is 5.40. The molecule has 2 heterocycles. The molecule has 0 amide bonds. The highest BCUT2D eigenvalue weighted by molar-refractivity contribution is 4.98. The van der Waals surface area contributed by atoms with E-state index in [2.05, 4.69) is 11.9 Å². The Morgan fingerprint density at radius 1 is 1.28 bits per heavy atom. The molecular weight excluding hydrogens is 234 g/mol. The molecule has 0 aromatic carbocycles. The standard InChI is InChI=1S/C13H25NO4/c1-14-10-6-13(15,5-4-12(16-2)17-3)7-11(14)9-18-8-10/h10-12,15H,4-9H2,1-3H3. The number of morpholine rings is 1. The number of ether oxygens (including phenoxy) is 3. The molecule has 2 saturated heterocycles. The molecular formula is C13H25NO4. The Labute approximate surface area is 109 Å². The van der Waals surface area contributed by atoms with E-state index in [1.165, 1.54) is 0 Å². The third kappa shape index (κ3) is 3.03. The van der Waals surface area contributed by atoms with Crippen molar-refractivity contribution in [3.05, 3.63) is 0 Å². The van der Waals surface area contributed by atoms with Crippen molar-refractivity contribution in [1.29, 1.82) is 0 Å². The van der Waals surface area contributed by atoms with Crippen LogP contribution in [0.15, 0.2) is 0 Å². The Bertz CT molecular complexity index is 256.